The molecule has 2 heterocycles. The standard InChI is InChI=1S/C22H23ClN2O3S/c1-15-4-3-11-25(14-15)22-19-12-16(23)5-10-20(19)24-13-21(22)29(26,27)18-8-6-17(28-2)7-9-18/h5-10,12-13,15H,3-4,11,14H2,1-2H3/t15-/m0/s1. The average molecular weight is 431 g/mol. The minimum atomic E-state index is -3.77. The number of fused-ring (bicyclic) bond motifs is 1. The normalized spacial score (nSPS) is 17.5. The molecule has 0 radical (unpaired) electrons. The maximum atomic E-state index is 13.6. The molecule has 0 spiro atoms. The van der Waals surface area contributed by atoms with Crippen LogP contribution in [0.2, 0.25) is 5.02 Å². The molecule has 0 N–H and O–H groups in total. The Balaban J connectivity index is 1.94. The van der Waals surface area contributed by atoms with Crippen LogP contribution >= 0.6 is 11.6 Å². The van der Waals surface area contributed by atoms with Crippen LogP contribution < -0.4 is 9.64 Å². The third-order valence-corrected chi connectivity index (χ3v) is 7.41. The fourth-order valence-corrected chi connectivity index (χ4v) is 5.54. The van der Waals surface area contributed by atoms with Crippen LogP contribution in [-0.2, 0) is 9.84 Å². The number of methoxy groups -OCH3 is 1. The van der Waals surface area contributed by atoms with Gasteiger partial charge in [-0.1, -0.05) is 18.5 Å². The van der Waals surface area contributed by atoms with Gasteiger partial charge >= 0.3 is 0 Å². The monoisotopic (exact) mass is 430 g/mol. The molecule has 7 heteroatoms. The Morgan fingerprint density at radius 2 is 1.93 bits per heavy atom. The lowest BCUT2D eigenvalue weighted by Crippen LogP contribution is -2.35. The van der Waals surface area contributed by atoms with Gasteiger partial charge < -0.3 is 9.64 Å². The molecule has 1 saturated heterocycles. The van der Waals surface area contributed by atoms with E-state index in [1.807, 2.05) is 12.1 Å². The fraction of sp³-hybridized carbons (Fsp3) is 0.318. The number of hydrogen-bond acceptors (Lipinski definition) is 5. The lowest BCUT2D eigenvalue weighted by Gasteiger charge is -2.34. The Morgan fingerprint density at radius 1 is 1.17 bits per heavy atom. The van der Waals surface area contributed by atoms with Gasteiger partial charge in [0.2, 0.25) is 9.84 Å². The van der Waals surface area contributed by atoms with Crippen molar-refractivity contribution in [3.63, 3.8) is 0 Å². The van der Waals surface area contributed by atoms with E-state index < -0.39 is 9.84 Å². The molecule has 1 aromatic heterocycles. The second kappa shape index (κ2) is 7.84. The summed E-state index contributed by atoms with van der Waals surface area (Å²) >= 11 is 6.27. The number of piperidine rings is 1. The van der Waals surface area contributed by atoms with Gasteiger partial charge in [-0.05, 0) is 61.2 Å². The predicted octanol–water partition coefficient (Wildman–Crippen LogP) is 4.97. The predicted molar refractivity (Wildman–Crippen MR) is 116 cm³/mol. The molecule has 5 nitrogen and oxygen atoms in total. The SMILES string of the molecule is COc1ccc(S(=O)(=O)c2cnc3ccc(Cl)cc3c2N2CCC[C@H](C)C2)cc1. The summed E-state index contributed by atoms with van der Waals surface area (Å²) in [5.41, 5.74) is 1.43. The number of rotatable bonds is 4. The van der Waals surface area contributed by atoms with Crippen molar-refractivity contribution >= 4 is 38.0 Å². The third kappa shape index (κ3) is 3.79. The maximum absolute atomic E-state index is 13.6. The molecular formula is C22H23ClN2O3S. The zero-order valence-electron chi connectivity index (χ0n) is 16.4. The first-order valence-electron chi connectivity index (χ1n) is 9.62. The van der Waals surface area contributed by atoms with Gasteiger partial charge in [0, 0.05) is 29.7 Å². The first-order chi connectivity index (χ1) is 13.9. The second-order valence-corrected chi connectivity index (χ2v) is 9.86. The van der Waals surface area contributed by atoms with Crippen LogP contribution in [0.4, 0.5) is 5.69 Å². The number of hydrogen-bond donors (Lipinski definition) is 0. The van der Waals surface area contributed by atoms with Crippen LogP contribution in [0.5, 0.6) is 5.75 Å². The van der Waals surface area contributed by atoms with Crippen molar-refractivity contribution in [2.45, 2.75) is 29.6 Å². The number of nitrogens with zero attached hydrogens (tertiary/aromatic N) is 2. The average Bonchev–Trinajstić information content (AvgIpc) is 2.72. The van der Waals surface area contributed by atoms with E-state index in [1.165, 1.54) is 6.20 Å². The molecule has 1 aliphatic heterocycles. The van der Waals surface area contributed by atoms with Gasteiger partial charge in [-0.3, -0.25) is 4.98 Å². The van der Waals surface area contributed by atoms with Crippen molar-refractivity contribution in [2.24, 2.45) is 5.92 Å². The van der Waals surface area contributed by atoms with Gasteiger partial charge in [0.1, 0.15) is 10.6 Å². The summed E-state index contributed by atoms with van der Waals surface area (Å²) in [6.07, 6.45) is 3.64. The van der Waals surface area contributed by atoms with E-state index in [2.05, 4.69) is 16.8 Å². The largest absolute Gasteiger partial charge is 0.497 e. The molecule has 0 bridgehead atoms. The van der Waals surface area contributed by atoms with Crippen LogP contribution in [0.1, 0.15) is 19.8 Å². The topological polar surface area (TPSA) is 59.5 Å². The highest BCUT2D eigenvalue weighted by atomic mass is 35.5. The highest BCUT2D eigenvalue weighted by molar-refractivity contribution is 7.91. The van der Waals surface area contributed by atoms with Gasteiger partial charge in [0.25, 0.3) is 0 Å². The summed E-state index contributed by atoms with van der Waals surface area (Å²) in [6, 6.07) is 11.9. The molecule has 0 aliphatic carbocycles. The Kier molecular flexibility index (Phi) is 5.40. The van der Waals surface area contributed by atoms with Crippen molar-refractivity contribution < 1.29 is 13.2 Å². The van der Waals surface area contributed by atoms with Gasteiger partial charge in [-0.25, -0.2) is 8.42 Å². The van der Waals surface area contributed by atoms with E-state index in [4.69, 9.17) is 16.3 Å². The molecule has 3 aromatic rings. The van der Waals surface area contributed by atoms with Crippen molar-refractivity contribution in [3.8, 4) is 5.75 Å². The van der Waals surface area contributed by atoms with Crippen molar-refractivity contribution in [2.75, 3.05) is 25.1 Å². The van der Waals surface area contributed by atoms with Crippen LogP contribution in [-0.4, -0.2) is 33.6 Å². The number of halogens is 1. The molecule has 152 valence electrons. The molecule has 29 heavy (non-hydrogen) atoms. The zero-order chi connectivity index (χ0) is 20.6. The van der Waals surface area contributed by atoms with Crippen LogP contribution in [0, 0.1) is 5.92 Å². The molecule has 2 aromatic carbocycles. The fourth-order valence-electron chi connectivity index (χ4n) is 3.93. The molecule has 1 aliphatic rings. The van der Waals surface area contributed by atoms with E-state index in [0.29, 0.717) is 22.4 Å². The van der Waals surface area contributed by atoms with E-state index in [0.717, 1.165) is 36.8 Å². The minimum Gasteiger partial charge on any atom is -0.497 e. The third-order valence-electron chi connectivity index (χ3n) is 5.40. The molecule has 0 saturated carbocycles. The minimum absolute atomic E-state index is 0.214. The first-order valence-corrected chi connectivity index (χ1v) is 11.5. The summed E-state index contributed by atoms with van der Waals surface area (Å²) in [5.74, 6) is 1.10. The number of aromatic nitrogens is 1. The highest BCUT2D eigenvalue weighted by Crippen LogP contribution is 2.38. The number of sulfone groups is 1. The zero-order valence-corrected chi connectivity index (χ0v) is 18.0. The van der Waals surface area contributed by atoms with Gasteiger partial charge in [-0.2, -0.15) is 0 Å². The number of ether oxygens (including phenoxy) is 1. The summed E-state index contributed by atoms with van der Waals surface area (Å²) in [6.45, 7) is 3.80. The van der Waals surface area contributed by atoms with Gasteiger partial charge in [-0.15, -0.1) is 0 Å². The Hall–Kier alpha value is -2.31. The summed E-state index contributed by atoms with van der Waals surface area (Å²) in [4.78, 5) is 7.03. The lowest BCUT2D eigenvalue weighted by atomic mass is 9.99. The van der Waals surface area contributed by atoms with E-state index >= 15 is 0 Å². The smallest absolute Gasteiger partial charge is 0.210 e. The van der Waals surface area contributed by atoms with E-state index in [1.54, 1.807) is 37.4 Å². The van der Waals surface area contributed by atoms with Crippen LogP contribution in [0.15, 0.2) is 58.5 Å². The molecule has 1 atom stereocenters. The quantitative estimate of drug-likeness (QED) is 0.585. The van der Waals surface area contributed by atoms with Crippen LogP contribution in [0.25, 0.3) is 10.9 Å². The molecule has 0 unspecified atom stereocenters. The van der Waals surface area contributed by atoms with E-state index in [9.17, 15) is 8.42 Å². The Labute approximate surface area is 176 Å². The van der Waals surface area contributed by atoms with Crippen molar-refractivity contribution in [1.82, 2.24) is 4.98 Å². The summed E-state index contributed by atoms with van der Waals surface area (Å²) in [5, 5.41) is 1.32. The molecule has 1 fully saturated rings. The number of benzene rings is 2. The number of anilines is 1. The summed E-state index contributed by atoms with van der Waals surface area (Å²) < 4.78 is 32.3. The molecular weight excluding hydrogens is 408 g/mol. The van der Waals surface area contributed by atoms with Crippen LogP contribution in [0.3, 0.4) is 0 Å². The van der Waals surface area contributed by atoms with Crippen molar-refractivity contribution in [1.29, 1.82) is 0 Å². The highest BCUT2D eigenvalue weighted by Gasteiger charge is 2.29. The van der Waals surface area contributed by atoms with Crippen molar-refractivity contribution in [3.05, 3.63) is 53.7 Å². The lowest BCUT2D eigenvalue weighted by molar-refractivity contribution is 0.414. The maximum Gasteiger partial charge on any atom is 0.210 e. The number of pyridine rings is 1. The van der Waals surface area contributed by atoms with E-state index in [-0.39, 0.29) is 9.79 Å². The molecule has 4 rings (SSSR count). The Morgan fingerprint density at radius 3 is 2.62 bits per heavy atom. The molecule has 0 amide bonds. The second-order valence-electron chi connectivity index (χ2n) is 7.50. The Bertz CT molecular complexity index is 1150. The first kappa shape index (κ1) is 20.0. The summed E-state index contributed by atoms with van der Waals surface area (Å²) in [7, 11) is -2.22. The van der Waals surface area contributed by atoms with Gasteiger partial charge in [0.15, 0.2) is 0 Å². The van der Waals surface area contributed by atoms with Gasteiger partial charge in [0.05, 0.1) is 23.2 Å².